The summed E-state index contributed by atoms with van der Waals surface area (Å²) in [5.74, 6) is 2.45. The fourth-order valence-electron chi connectivity index (χ4n) is 2.25. The van der Waals surface area contributed by atoms with Gasteiger partial charge in [0, 0.05) is 6.42 Å². The minimum Gasteiger partial charge on any atom is -0.339 e. The summed E-state index contributed by atoms with van der Waals surface area (Å²) in [7, 11) is 1.88. The van der Waals surface area contributed by atoms with Crippen LogP contribution >= 0.6 is 0 Å². The minimum atomic E-state index is 0.687. The molecule has 0 aliphatic heterocycles. The van der Waals surface area contributed by atoms with Crippen LogP contribution in [0.25, 0.3) is 0 Å². The lowest BCUT2D eigenvalue weighted by molar-refractivity contribution is 0.357. The molecular weight excluding hydrogens is 190 g/mol. The van der Waals surface area contributed by atoms with E-state index in [4.69, 9.17) is 4.52 Å². The maximum atomic E-state index is 5.18. The largest absolute Gasteiger partial charge is 0.339 e. The molecule has 15 heavy (non-hydrogen) atoms. The highest BCUT2D eigenvalue weighted by Gasteiger charge is 2.16. The first-order valence-electron chi connectivity index (χ1n) is 5.84. The minimum absolute atomic E-state index is 0.687. The molecule has 0 atom stereocenters. The first-order chi connectivity index (χ1) is 7.38. The Morgan fingerprint density at radius 1 is 1.40 bits per heavy atom. The summed E-state index contributed by atoms with van der Waals surface area (Å²) in [6, 6.07) is 0. The molecule has 1 saturated carbocycles. The van der Waals surface area contributed by atoms with Crippen molar-refractivity contribution in [2.24, 2.45) is 5.92 Å². The molecule has 0 aromatic carbocycles. The third-order valence-electron chi connectivity index (χ3n) is 3.09. The van der Waals surface area contributed by atoms with Gasteiger partial charge < -0.3 is 9.84 Å². The molecule has 0 bridgehead atoms. The summed E-state index contributed by atoms with van der Waals surface area (Å²) >= 11 is 0. The third kappa shape index (κ3) is 3.02. The SMILES string of the molecule is CNCc1noc(CCC2CCCC2)n1. The molecule has 1 heterocycles. The van der Waals surface area contributed by atoms with Crippen LogP contribution in [-0.2, 0) is 13.0 Å². The van der Waals surface area contributed by atoms with Crippen molar-refractivity contribution in [2.75, 3.05) is 7.05 Å². The van der Waals surface area contributed by atoms with Gasteiger partial charge in [0.05, 0.1) is 6.54 Å². The van der Waals surface area contributed by atoms with E-state index < -0.39 is 0 Å². The zero-order valence-corrected chi connectivity index (χ0v) is 9.33. The van der Waals surface area contributed by atoms with Crippen molar-refractivity contribution in [3.63, 3.8) is 0 Å². The molecule has 4 heteroatoms. The van der Waals surface area contributed by atoms with Crippen molar-refractivity contribution in [3.8, 4) is 0 Å². The van der Waals surface area contributed by atoms with Gasteiger partial charge in [0.25, 0.3) is 0 Å². The van der Waals surface area contributed by atoms with Gasteiger partial charge in [0.15, 0.2) is 5.82 Å². The maximum absolute atomic E-state index is 5.18. The highest BCUT2D eigenvalue weighted by atomic mass is 16.5. The quantitative estimate of drug-likeness (QED) is 0.804. The predicted octanol–water partition coefficient (Wildman–Crippen LogP) is 1.91. The van der Waals surface area contributed by atoms with E-state index in [0.29, 0.717) is 6.54 Å². The lowest BCUT2D eigenvalue weighted by atomic mass is 10.0. The first-order valence-corrected chi connectivity index (χ1v) is 5.84. The molecule has 0 radical (unpaired) electrons. The molecule has 0 unspecified atom stereocenters. The van der Waals surface area contributed by atoms with Crippen LogP contribution in [0.15, 0.2) is 4.52 Å². The third-order valence-corrected chi connectivity index (χ3v) is 3.09. The van der Waals surface area contributed by atoms with E-state index in [9.17, 15) is 0 Å². The van der Waals surface area contributed by atoms with Crippen molar-refractivity contribution in [3.05, 3.63) is 11.7 Å². The van der Waals surface area contributed by atoms with Crippen LogP contribution in [-0.4, -0.2) is 17.2 Å². The predicted molar refractivity (Wildman–Crippen MR) is 57.3 cm³/mol. The Labute approximate surface area is 90.4 Å². The lowest BCUT2D eigenvalue weighted by Gasteiger charge is -2.04. The molecule has 1 aromatic heterocycles. The molecule has 1 aliphatic rings. The Hall–Kier alpha value is -0.900. The molecule has 0 amide bonds. The number of aryl methyl sites for hydroxylation is 1. The van der Waals surface area contributed by atoms with Crippen LogP contribution in [0.1, 0.15) is 43.8 Å². The van der Waals surface area contributed by atoms with Crippen molar-refractivity contribution in [1.29, 1.82) is 0 Å². The van der Waals surface area contributed by atoms with Crippen molar-refractivity contribution in [1.82, 2.24) is 15.5 Å². The van der Waals surface area contributed by atoms with Crippen LogP contribution in [0, 0.1) is 5.92 Å². The monoisotopic (exact) mass is 209 g/mol. The Morgan fingerprint density at radius 2 is 2.20 bits per heavy atom. The highest BCUT2D eigenvalue weighted by molar-refractivity contribution is 4.86. The second kappa shape index (κ2) is 5.26. The number of nitrogens with one attached hydrogen (secondary N) is 1. The van der Waals surface area contributed by atoms with Gasteiger partial charge in [-0.1, -0.05) is 30.8 Å². The van der Waals surface area contributed by atoms with Crippen LogP contribution in [0.4, 0.5) is 0 Å². The molecule has 4 nitrogen and oxygen atoms in total. The summed E-state index contributed by atoms with van der Waals surface area (Å²) in [6.45, 7) is 0.687. The summed E-state index contributed by atoms with van der Waals surface area (Å²) < 4.78 is 5.18. The van der Waals surface area contributed by atoms with Crippen LogP contribution < -0.4 is 5.32 Å². The van der Waals surface area contributed by atoms with E-state index in [0.717, 1.165) is 24.1 Å². The van der Waals surface area contributed by atoms with Gasteiger partial charge in [0.1, 0.15) is 0 Å². The van der Waals surface area contributed by atoms with Gasteiger partial charge in [-0.3, -0.25) is 0 Å². The van der Waals surface area contributed by atoms with E-state index in [2.05, 4.69) is 15.5 Å². The van der Waals surface area contributed by atoms with Crippen LogP contribution in [0.2, 0.25) is 0 Å². The molecule has 1 aliphatic carbocycles. The fourth-order valence-corrected chi connectivity index (χ4v) is 2.25. The second-order valence-corrected chi connectivity index (χ2v) is 4.32. The second-order valence-electron chi connectivity index (χ2n) is 4.32. The molecular formula is C11H19N3O. The van der Waals surface area contributed by atoms with Crippen molar-refractivity contribution in [2.45, 2.75) is 45.1 Å². The molecule has 1 fully saturated rings. The Morgan fingerprint density at radius 3 is 2.93 bits per heavy atom. The number of hydrogen-bond acceptors (Lipinski definition) is 4. The maximum Gasteiger partial charge on any atom is 0.226 e. The Balaban J connectivity index is 1.77. The summed E-state index contributed by atoms with van der Waals surface area (Å²) in [5, 5.41) is 6.91. The van der Waals surface area contributed by atoms with E-state index >= 15 is 0 Å². The zero-order chi connectivity index (χ0) is 10.5. The molecule has 0 spiro atoms. The van der Waals surface area contributed by atoms with E-state index in [1.807, 2.05) is 7.05 Å². The van der Waals surface area contributed by atoms with E-state index in [1.54, 1.807) is 0 Å². The molecule has 84 valence electrons. The van der Waals surface area contributed by atoms with Gasteiger partial charge in [-0.15, -0.1) is 0 Å². The van der Waals surface area contributed by atoms with Gasteiger partial charge in [-0.2, -0.15) is 4.98 Å². The average molecular weight is 209 g/mol. The smallest absolute Gasteiger partial charge is 0.226 e. The normalized spacial score (nSPS) is 17.4. The van der Waals surface area contributed by atoms with Gasteiger partial charge in [0.2, 0.25) is 5.89 Å². The Kier molecular flexibility index (Phi) is 3.72. The standard InChI is InChI=1S/C11H19N3O/c1-12-8-10-13-11(15-14-10)7-6-9-4-2-3-5-9/h9,12H,2-8H2,1H3. The van der Waals surface area contributed by atoms with Crippen molar-refractivity contribution < 1.29 is 4.52 Å². The van der Waals surface area contributed by atoms with Crippen LogP contribution in [0.5, 0.6) is 0 Å². The average Bonchev–Trinajstić information content (AvgIpc) is 2.85. The molecule has 2 rings (SSSR count). The summed E-state index contributed by atoms with van der Waals surface area (Å²) in [4.78, 5) is 4.32. The Bertz CT molecular complexity index is 292. The van der Waals surface area contributed by atoms with Gasteiger partial charge in [-0.05, 0) is 19.4 Å². The summed E-state index contributed by atoms with van der Waals surface area (Å²) in [6.07, 6.45) is 7.73. The number of rotatable bonds is 5. The van der Waals surface area contributed by atoms with E-state index in [-0.39, 0.29) is 0 Å². The van der Waals surface area contributed by atoms with Gasteiger partial charge >= 0.3 is 0 Å². The fraction of sp³-hybridized carbons (Fsp3) is 0.818. The molecule has 1 N–H and O–H groups in total. The van der Waals surface area contributed by atoms with Crippen molar-refractivity contribution >= 4 is 0 Å². The number of hydrogen-bond donors (Lipinski definition) is 1. The summed E-state index contributed by atoms with van der Waals surface area (Å²) in [5.41, 5.74) is 0. The topological polar surface area (TPSA) is 51.0 Å². The first kappa shape index (κ1) is 10.6. The highest BCUT2D eigenvalue weighted by Crippen LogP contribution is 2.28. The van der Waals surface area contributed by atoms with Gasteiger partial charge in [-0.25, -0.2) is 0 Å². The number of aromatic nitrogens is 2. The lowest BCUT2D eigenvalue weighted by Crippen LogP contribution is -2.06. The molecule has 1 aromatic rings. The van der Waals surface area contributed by atoms with Crippen LogP contribution in [0.3, 0.4) is 0 Å². The zero-order valence-electron chi connectivity index (χ0n) is 9.33. The number of nitrogens with zero attached hydrogens (tertiary/aromatic N) is 2. The molecule has 0 saturated heterocycles. The van der Waals surface area contributed by atoms with E-state index in [1.165, 1.54) is 32.1 Å².